The molecule has 0 fully saturated rings. The Kier molecular flexibility index (Phi) is 48.9. The summed E-state index contributed by atoms with van der Waals surface area (Å²) in [4.78, 5) is 38.0. The van der Waals surface area contributed by atoms with Crippen LogP contribution in [-0.4, -0.2) is 37.2 Å². The van der Waals surface area contributed by atoms with Gasteiger partial charge in [0.2, 0.25) is 0 Å². The Balaban J connectivity index is 4.46. The molecule has 0 N–H and O–H groups in total. The Labute approximate surface area is 389 Å². The van der Waals surface area contributed by atoms with E-state index in [0.717, 1.165) is 103 Å². The maximum absolute atomic E-state index is 12.8. The van der Waals surface area contributed by atoms with E-state index < -0.39 is 6.10 Å². The van der Waals surface area contributed by atoms with Gasteiger partial charge in [0, 0.05) is 19.3 Å². The van der Waals surface area contributed by atoms with Crippen LogP contribution in [0.2, 0.25) is 0 Å². The van der Waals surface area contributed by atoms with Crippen molar-refractivity contribution in [3.63, 3.8) is 0 Å². The van der Waals surface area contributed by atoms with Gasteiger partial charge in [0.05, 0.1) is 0 Å². The first-order valence-corrected chi connectivity index (χ1v) is 26.4. The fraction of sp³-hybridized carbons (Fsp3) is 0.737. The van der Waals surface area contributed by atoms with Crippen LogP contribution in [0.5, 0.6) is 0 Å². The Hall–Kier alpha value is -3.15. The average molecular weight is 879 g/mol. The van der Waals surface area contributed by atoms with Crippen LogP contribution in [0.25, 0.3) is 0 Å². The second-order valence-corrected chi connectivity index (χ2v) is 17.4. The van der Waals surface area contributed by atoms with Crippen LogP contribution in [0.15, 0.2) is 72.9 Å². The van der Waals surface area contributed by atoms with Gasteiger partial charge in [-0.3, -0.25) is 14.4 Å². The van der Waals surface area contributed by atoms with Gasteiger partial charge in [-0.25, -0.2) is 0 Å². The fourth-order valence-electron chi connectivity index (χ4n) is 7.23. The highest BCUT2D eigenvalue weighted by molar-refractivity contribution is 5.71. The van der Waals surface area contributed by atoms with Crippen molar-refractivity contribution in [2.24, 2.45) is 0 Å². The molecule has 0 aliphatic heterocycles. The molecule has 0 aliphatic rings. The van der Waals surface area contributed by atoms with Crippen molar-refractivity contribution < 1.29 is 28.6 Å². The van der Waals surface area contributed by atoms with Gasteiger partial charge in [-0.05, 0) is 89.9 Å². The average Bonchev–Trinajstić information content (AvgIpc) is 3.28. The number of carbonyl (C=O) groups excluding carboxylic acids is 3. The molecule has 0 heterocycles. The van der Waals surface area contributed by atoms with Crippen molar-refractivity contribution in [1.29, 1.82) is 0 Å². The molecule has 0 rings (SSSR count). The van der Waals surface area contributed by atoms with Crippen molar-refractivity contribution in [2.75, 3.05) is 13.2 Å². The quantitative estimate of drug-likeness (QED) is 0.0262. The highest BCUT2D eigenvalue weighted by atomic mass is 16.6. The molecule has 0 aliphatic carbocycles. The summed E-state index contributed by atoms with van der Waals surface area (Å²) >= 11 is 0. The number of hydrogen-bond acceptors (Lipinski definition) is 6. The van der Waals surface area contributed by atoms with Crippen LogP contribution < -0.4 is 0 Å². The molecule has 362 valence electrons. The maximum atomic E-state index is 12.8. The molecule has 0 unspecified atom stereocenters. The van der Waals surface area contributed by atoms with Crippen LogP contribution >= 0.6 is 0 Å². The molecule has 6 heteroatoms. The summed E-state index contributed by atoms with van der Waals surface area (Å²) in [6.45, 7) is 6.46. The summed E-state index contributed by atoms with van der Waals surface area (Å²) in [5.74, 6) is -0.947. The highest BCUT2D eigenvalue weighted by Gasteiger charge is 2.19. The van der Waals surface area contributed by atoms with Gasteiger partial charge in [-0.1, -0.05) is 216 Å². The van der Waals surface area contributed by atoms with Crippen molar-refractivity contribution in [3.05, 3.63) is 72.9 Å². The van der Waals surface area contributed by atoms with Crippen molar-refractivity contribution in [3.8, 4) is 0 Å². The Bertz CT molecular complexity index is 1190. The number of rotatable bonds is 47. The van der Waals surface area contributed by atoms with Crippen molar-refractivity contribution in [2.45, 2.75) is 258 Å². The topological polar surface area (TPSA) is 78.9 Å². The van der Waals surface area contributed by atoms with E-state index in [4.69, 9.17) is 14.2 Å². The van der Waals surface area contributed by atoms with Gasteiger partial charge >= 0.3 is 17.9 Å². The summed E-state index contributed by atoms with van der Waals surface area (Å²) in [5, 5.41) is 0. The first-order valence-electron chi connectivity index (χ1n) is 26.4. The molecule has 0 aromatic rings. The third-order valence-electron chi connectivity index (χ3n) is 11.2. The number of esters is 3. The lowest BCUT2D eigenvalue weighted by molar-refractivity contribution is -0.167. The molecule has 1 atom stereocenters. The Morgan fingerprint density at radius 2 is 0.619 bits per heavy atom. The minimum absolute atomic E-state index is 0.0950. The zero-order valence-corrected chi connectivity index (χ0v) is 41.3. The predicted octanol–water partition coefficient (Wildman–Crippen LogP) is 17.4. The third-order valence-corrected chi connectivity index (χ3v) is 11.2. The van der Waals surface area contributed by atoms with E-state index in [9.17, 15) is 14.4 Å². The van der Waals surface area contributed by atoms with Gasteiger partial charge in [0.1, 0.15) is 13.2 Å². The first kappa shape index (κ1) is 59.9. The van der Waals surface area contributed by atoms with E-state index >= 15 is 0 Å². The first-order chi connectivity index (χ1) is 31.0. The number of allylic oxidation sites excluding steroid dienone is 12. The number of ether oxygens (including phenoxy) is 3. The number of hydrogen-bond donors (Lipinski definition) is 0. The van der Waals surface area contributed by atoms with Crippen LogP contribution in [0.3, 0.4) is 0 Å². The molecular weight excluding hydrogens is 781 g/mol. The van der Waals surface area contributed by atoms with E-state index in [1.165, 1.54) is 103 Å². The number of unbranched alkanes of at least 4 members (excludes halogenated alkanes) is 24. The molecule has 0 bridgehead atoms. The van der Waals surface area contributed by atoms with Gasteiger partial charge in [-0.15, -0.1) is 0 Å². The van der Waals surface area contributed by atoms with E-state index in [0.29, 0.717) is 19.3 Å². The molecule has 0 aromatic carbocycles. The summed E-state index contributed by atoms with van der Waals surface area (Å²) in [6, 6.07) is 0. The van der Waals surface area contributed by atoms with Gasteiger partial charge in [0.15, 0.2) is 6.10 Å². The molecule has 0 saturated heterocycles. The summed E-state index contributed by atoms with van der Waals surface area (Å²) in [6.07, 6.45) is 64.6. The second kappa shape index (κ2) is 51.5. The summed E-state index contributed by atoms with van der Waals surface area (Å²) in [5.41, 5.74) is 0. The lowest BCUT2D eigenvalue weighted by Gasteiger charge is -2.18. The molecular formula is C57H98O6. The van der Waals surface area contributed by atoms with E-state index in [2.05, 4.69) is 93.7 Å². The molecule has 0 spiro atoms. The van der Waals surface area contributed by atoms with Crippen molar-refractivity contribution in [1.82, 2.24) is 0 Å². The summed E-state index contributed by atoms with van der Waals surface area (Å²) < 4.78 is 16.8. The lowest BCUT2D eigenvalue weighted by Crippen LogP contribution is -2.30. The largest absolute Gasteiger partial charge is 0.462 e. The molecule has 63 heavy (non-hydrogen) atoms. The van der Waals surface area contributed by atoms with Gasteiger partial charge < -0.3 is 14.2 Å². The summed E-state index contributed by atoms with van der Waals surface area (Å²) in [7, 11) is 0. The van der Waals surface area contributed by atoms with Crippen LogP contribution in [0.1, 0.15) is 252 Å². The molecule has 6 nitrogen and oxygen atoms in total. The van der Waals surface area contributed by atoms with Crippen LogP contribution in [0.4, 0.5) is 0 Å². The lowest BCUT2D eigenvalue weighted by atomic mass is 10.0. The monoisotopic (exact) mass is 879 g/mol. The van der Waals surface area contributed by atoms with Crippen LogP contribution in [-0.2, 0) is 28.6 Å². The van der Waals surface area contributed by atoms with E-state index in [1.54, 1.807) is 0 Å². The van der Waals surface area contributed by atoms with Crippen molar-refractivity contribution >= 4 is 17.9 Å². The normalized spacial score (nSPS) is 12.6. The fourth-order valence-corrected chi connectivity index (χ4v) is 7.23. The number of carbonyl (C=O) groups is 3. The third kappa shape index (κ3) is 49.7. The van der Waals surface area contributed by atoms with E-state index in [1.807, 2.05) is 0 Å². The Morgan fingerprint density at radius 3 is 1.03 bits per heavy atom. The predicted molar refractivity (Wildman–Crippen MR) is 270 cm³/mol. The highest BCUT2D eigenvalue weighted by Crippen LogP contribution is 2.15. The van der Waals surface area contributed by atoms with E-state index in [-0.39, 0.29) is 37.5 Å². The minimum Gasteiger partial charge on any atom is -0.462 e. The minimum atomic E-state index is -0.801. The smallest absolute Gasteiger partial charge is 0.306 e. The molecule has 0 saturated carbocycles. The zero-order chi connectivity index (χ0) is 45.8. The zero-order valence-electron chi connectivity index (χ0n) is 41.3. The van der Waals surface area contributed by atoms with Crippen LogP contribution in [0, 0.1) is 0 Å². The second-order valence-electron chi connectivity index (χ2n) is 17.4. The SMILES string of the molecule is CC/C=C\C/C=C\C/C=C\C/C=C\CCCCC(=O)O[C@H](COC(=O)CCCCCCC/C=C\C/C=C\CCCCC)COC(=O)CCCCCCCCCCCCCCCCC. The Morgan fingerprint density at radius 1 is 0.333 bits per heavy atom. The standard InChI is InChI=1S/C57H98O6/c1-4-7-10-13-16-19-22-25-28-31-34-37-40-43-46-49-55(58)61-52-54(63-57(60)51-48-45-42-39-36-33-30-27-24-21-18-15-12-9-6-3)53-62-56(59)50-47-44-41-38-35-32-29-26-23-20-17-14-11-8-5-2/h9,12,16,18-19,21,25,27-28,30,36,39,54H,4-8,10-11,13-15,17,20,22-24,26,29,31-35,37-38,40-53H2,1-3H3/b12-9-,19-16-,21-18-,28-25-,30-27-,39-36-/t54-/m1/s1. The van der Waals surface area contributed by atoms with Gasteiger partial charge in [0.25, 0.3) is 0 Å². The van der Waals surface area contributed by atoms with Gasteiger partial charge in [-0.2, -0.15) is 0 Å². The molecule has 0 radical (unpaired) electrons. The maximum Gasteiger partial charge on any atom is 0.306 e. The molecule has 0 aromatic heterocycles. The molecule has 0 amide bonds.